The summed E-state index contributed by atoms with van der Waals surface area (Å²) in [6.45, 7) is 3.06. The van der Waals surface area contributed by atoms with Crippen LogP contribution in [0.4, 0.5) is 0 Å². The number of Topliss-reactive ketones (excluding diaryl/α,β-unsaturated/α-hetero) is 1. The number of carbonyl (C=O) groups is 1. The highest BCUT2D eigenvalue weighted by Crippen LogP contribution is 2.24. The zero-order valence-corrected chi connectivity index (χ0v) is 12.2. The van der Waals surface area contributed by atoms with E-state index in [1.807, 2.05) is 6.07 Å². The zero-order chi connectivity index (χ0) is 13.9. The molecule has 2 heterocycles. The molecule has 0 radical (unpaired) electrons. The standard InChI is InChI=1S/C16H18ClNO2/c17-13-4-5-15-12(10-13)11-16(20-15)14(19)6-9-18-7-2-1-3-8-18/h4-5,10-11H,1-3,6-9H2. The minimum absolute atomic E-state index is 0.0721. The van der Waals surface area contributed by atoms with Crippen LogP contribution < -0.4 is 0 Å². The summed E-state index contributed by atoms with van der Waals surface area (Å²) in [7, 11) is 0. The SMILES string of the molecule is O=C(CCN1CCCCC1)c1cc2cc(Cl)ccc2o1. The van der Waals surface area contributed by atoms with Crippen LogP contribution in [0.15, 0.2) is 28.7 Å². The van der Waals surface area contributed by atoms with E-state index in [9.17, 15) is 4.79 Å². The number of ketones is 1. The number of likely N-dealkylation sites (tertiary alicyclic amines) is 1. The lowest BCUT2D eigenvalue weighted by Crippen LogP contribution is -2.31. The van der Waals surface area contributed by atoms with E-state index in [1.165, 1.54) is 19.3 Å². The van der Waals surface area contributed by atoms with Crippen molar-refractivity contribution >= 4 is 28.4 Å². The summed E-state index contributed by atoms with van der Waals surface area (Å²) in [6.07, 6.45) is 4.33. The van der Waals surface area contributed by atoms with Crippen LogP contribution in [0.25, 0.3) is 11.0 Å². The molecule has 0 saturated carbocycles. The molecule has 20 heavy (non-hydrogen) atoms. The summed E-state index contributed by atoms with van der Waals surface area (Å²) in [5, 5.41) is 1.55. The predicted octanol–water partition coefficient (Wildman–Crippen LogP) is 4.14. The van der Waals surface area contributed by atoms with E-state index in [-0.39, 0.29) is 5.78 Å². The first-order valence-corrected chi connectivity index (χ1v) is 7.55. The quantitative estimate of drug-likeness (QED) is 0.794. The van der Waals surface area contributed by atoms with Crippen LogP contribution in [0, 0.1) is 0 Å². The van der Waals surface area contributed by atoms with Gasteiger partial charge in [0.05, 0.1) is 0 Å². The topological polar surface area (TPSA) is 33.5 Å². The van der Waals surface area contributed by atoms with E-state index in [0.717, 1.165) is 30.6 Å². The summed E-state index contributed by atoms with van der Waals surface area (Å²) in [6, 6.07) is 7.19. The summed E-state index contributed by atoms with van der Waals surface area (Å²) < 4.78 is 5.60. The van der Waals surface area contributed by atoms with E-state index in [4.69, 9.17) is 16.0 Å². The maximum atomic E-state index is 12.2. The van der Waals surface area contributed by atoms with Crippen molar-refractivity contribution in [2.75, 3.05) is 19.6 Å². The molecule has 106 valence electrons. The number of piperidine rings is 1. The van der Waals surface area contributed by atoms with Crippen molar-refractivity contribution in [1.29, 1.82) is 0 Å². The molecule has 2 aromatic rings. The molecule has 1 aromatic heterocycles. The molecule has 3 rings (SSSR count). The van der Waals surface area contributed by atoms with Crippen molar-refractivity contribution in [2.45, 2.75) is 25.7 Å². The number of carbonyl (C=O) groups excluding carboxylic acids is 1. The Labute approximate surface area is 123 Å². The fraction of sp³-hybridized carbons (Fsp3) is 0.438. The molecule has 1 aliphatic heterocycles. The highest BCUT2D eigenvalue weighted by molar-refractivity contribution is 6.31. The average molecular weight is 292 g/mol. The van der Waals surface area contributed by atoms with Crippen LogP contribution in [0.5, 0.6) is 0 Å². The number of furan rings is 1. The highest BCUT2D eigenvalue weighted by atomic mass is 35.5. The molecular formula is C16H18ClNO2. The molecule has 0 aliphatic carbocycles. The largest absolute Gasteiger partial charge is 0.453 e. The monoisotopic (exact) mass is 291 g/mol. The molecule has 3 nitrogen and oxygen atoms in total. The molecule has 1 saturated heterocycles. The molecule has 0 atom stereocenters. The Morgan fingerprint density at radius 2 is 2.00 bits per heavy atom. The molecule has 0 bridgehead atoms. The lowest BCUT2D eigenvalue weighted by atomic mass is 10.1. The number of halogens is 1. The van der Waals surface area contributed by atoms with E-state index in [2.05, 4.69) is 4.90 Å². The molecule has 4 heteroatoms. The van der Waals surface area contributed by atoms with Gasteiger partial charge in [0.1, 0.15) is 5.58 Å². The molecule has 0 N–H and O–H groups in total. The lowest BCUT2D eigenvalue weighted by Gasteiger charge is -2.25. The Bertz CT molecular complexity index is 614. The second kappa shape index (κ2) is 5.98. The van der Waals surface area contributed by atoms with Crippen molar-refractivity contribution < 1.29 is 9.21 Å². The molecule has 0 spiro atoms. The van der Waals surface area contributed by atoms with Gasteiger partial charge in [-0.05, 0) is 50.2 Å². The van der Waals surface area contributed by atoms with Gasteiger partial charge >= 0.3 is 0 Å². The third-order valence-electron chi connectivity index (χ3n) is 3.86. The van der Waals surface area contributed by atoms with Gasteiger partial charge in [-0.1, -0.05) is 18.0 Å². The normalized spacial score (nSPS) is 16.6. The number of nitrogens with zero attached hydrogens (tertiary/aromatic N) is 1. The van der Waals surface area contributed by atoms with Gasteiger partial charge in [-0.3, -0.25) is 4.79 Å². The zero-order valence-electron chi connectivity index (χ0n) is 11.4. The van der Waals surface area contributed by atoms with Crippen molar-refractivity contribution in [3.05, 3.63) is 35.0 Å². The summed E-state index contributed by atoms with van der Waals surface area (Å²) in [5.41, 5.74) is 0.718. The minimum Gasteiger partial charge on any atom is -0.453 e. The number of benzene rings is 1. The first kappa shape index (κ1) is 13.7. The van der Waals surface area contributed by atoms with Gasteiger partial charge in [0.25, 0.3) is 0 Å². The Kier molecular flexibility index (Phi) is 4.08. The van der Waals surface area contributed by atoms with Gasteiger partial charge in [0.15, 0.2) is 11.5 Å². The molecule has 0 amide bonds. The van der Waals surface area contributed by atoms with Crippen molar-refractivity contribution in [1.82, 2.24) is 4.90 Å². The van der Waals surface area contributed by atoms with Crippen LogP contribution in [0.2, 0.25) is 5.02 Å². The second-order valence-corrected chi connectivity index (χ2v) is 5.80. The van der Waals surface area contributed by atoms with Crippen molar-refractivity contribution in [3.63, 3.8) is 0 Å². The predicted molar refractivity (Wildman–Crippen MR) is 80.5 cm³/mol. The van der Waals surface area contributed by atoms with E-state index in [1.54, 1.807) is 18.2 Å². The fourth-order valence-electron chi connectivity index (χ4n) is 2.72. The number of rotatable bonds is 4. The molecule has 0 unspecified atom stereocenters. The Balaban J connectivity index is 1.65. The van der Waals surface area contributed by atoms with Crippen molar-refractivity contribution in [3.8, 4) is 0 Å². The van der Waals surface area contributed by atoms with Crippen LogP contribution in [0.3, 0.4) is 0 Å². The minimum atomic E-state index is 0.0721. The third kappa shape index (κ3) is 3.05. The van der Waals surface area contributed by atoms with Gasteiger partial charge in [-0.15, -0.1) is 0 Å². The van der Waals surface area contributed by atoms with Crippen molar-refractivity contribution in [2.24, 2.45) is 0 Å². The smallest absolute Gasteiger partial charge is 0.199 e. The van der Waals surface area contributed by atoms with E-state index in [0.29, 0.717) is 17.2 Å². The molecular weight excluding hydrogens is 274 g/mol. The fourth-order valence-corrected chi connectivity index (χ4v) is 2.90. The number of fused-ring (bicyclic) bond motifs is 1. The Hall–Kier alpha value is -1.32. The summed E-state index contributed by atoms with van der Waals surface area (Å²) in [5.74, 6) is 0.516. The van der Waals surface area contributed by atoms with Crippen LogP contribution in [-0.2, 0) is 0 Å². The van der Waals surface area contributed by atoms with Gasteiger partial charge < -0.3 is 9.32 Å². The van der Waals surface area contributed by atoms with Gasteiger partial charge in [-0.25, -0.2) is 0 Å². The van der Waals surface area contributed by atoms with Crippen LogP contribution in [0.1, 0.15) is 36.2 Å². The van der Waals surface area contributed by atoms with Gasteiger partial charge in [-0.2, -0.15) is 0 Å². The van der Waals surface area contributed by atoms with Gasteiger partial charge in [0.2, 0.25) is 0 Å². The third-order valence-corrected chi connectivity index (χ3v) is 4.09. The van der Waals surface area contributed by atoms with E-state index >= 15 is 0 Å². The first-order chi connectivity index (χ1) is 9.72. The average Bonchev–Trinajstić information content (AvgIpc) is 2.89. The number of hydrogen-bond acceptors (Lipinski definition) is 3. The second-order valence-electron chi connectivity index (χ2n) is 5.37. The Morgan fingerprint density at radius 3 is 2.80 bits per heavy atom. The molecule has 1 aliphatic rings. The van der Waals surface area contributed by atoms with Crippen LogP contribution in [-0.4, -0.2) is 30.3 Å². The summed E-state index contributed by atoms with van der Waals surface area (Å²) >= 11 is 5.94. The maximum Gasteiger partial charge on any atom is 0.199 e. The van der Waals surface area contributed by atoms with Gasteiger partial charge in [0, 0.05) is 23.4 Å². The maximum absolute atomic E-state index is 12.2. The molecule has 1 aromatic carbocycles. The Morgan fingerprint density at radius 1 is 1.20 bits per heavy atom. The lowest BCUT2D eigenvalue weighted by molar-refractivity contribution is 0.0934. The summed E-state index contributed by atoms with van der Waals surface area (Å²) in [4.78, 5) is 14.6. The highest BCUT2D eigenvalue weighted by Gasteiger charge is 2.15. The number of hydrogen-bond donors (Lipinski definition) is 0. The van der Waals surface area contributed by atoms with E-state index < -0.39 is 0 Å². The first-order valence-electron chi connectivity index (χ1n) is 7.17. The van der Waals surface area contributed by atoms with Crippen LogP contribution >= 0.6 is 11.6 Å². The molecule has 1 fully saturated rings.